The number of para-hydroxylation sites is 2. The number of H-pyrrole nitrogens is 1. The highest BCUT2D eigenvalue weighted by molar-refractivity contribution is 5.83. The molecule has 0 fully saturated rings. The van der Waals surface area contributed by atoms with Crippen LogP contribution in [0.3, 0.4) is 0 Å². The minimum atomic E-state index is -0.875. The third-order valence-corrected chi connectivity index (χ3v) is 5.28. The Kier molecular flexibility index (Phi) is 5.40. The molecule has 0 aliphatic rings. The second-order valence-corrected chi connectivity index (χ2v) is 7.25. The van der Waals surface area contributed by atoms with Gasteiger partial charge in [-0.2, -0.15) is 10.1 Å². The van der Waals surface area contributed by atoms with E-state index in [1.54, 1.807) is 25.2 Å². The van der Waals surface area contributed by atoms with E-state index in [1.807, 2.05) is 0 Å². The lowest BCUT2D eigenvalue weighted by atomic mass is 10.2. The number of aromatic nitrogens is 6. The van der Waals surface area contributed by atoms with Gasteiger partial charge in [0.1, 0.15) is 11.3 Å². The number of hydrazone groups is 1. The predicted octanol–water partition coefficient (Wildman–Crippen LogP) is -1.03. The lowest BCUT2D eigenvalue weighted by Crippen LogP contribution is -2.37. The number of hydrogen-bond acceptors (Lipinski definition) is 9. The van der Waals surface area contributed by atoms with Crippen LogP contribution in [0.4, 0.5) is 5.95 Å². The van der Waals surface area contributed by atoms with Crippen LogP contribution in [0.25, 0.3) is 16.9 Å². The summed E-state index contributed by atoms with van der Waals surface area (Å²) in [5, 5.41) is 14.6. The summed E-state index contributed by atoms with van der Waals surface area (Å²) < 4.78 is 9.66. The fourth-order valence-electron chi connectivity index (χ4n) is 3.47. The molecule has 3 N–H and O–H groups in total. The van der Waals surface area contributed by atoms with Crippen LogP contribution in [-0.4, -0.2) is 46.7 Å². The highest BCUT2D eigenvalue weighted by Gasteiger charge is 2.18. The van der Waals surface area contributed by atoms with Crippen LogP contribution >= 0.6 is 0 Å². The summed E-state index contributed by atoms with van der Waals surface area (Å²) in [7, 11) is 5.78. The second kappa shape index (κ2) is 8.23. The second-order valence-electron chi connectivity index (χ2n) is 7.25. The van der Waals surface area contributed by atoms with Gasteiger partial charge in [-0.3, -0.25) is 23.7 Å². The first kappa shape index (κ1) is 22.3. The van der Waals surface area contributed by atoms with Gasteiger partial charge in [-0.1, -0.05) is 12.1 Å². The van der Waals surface area contributed by atoms with E-state index in [0.717, 1.165) is 15.3 Å². The molecule has 0 amide bonds. The Morgan fingerprint density at radius 3 is 2.50 bits per heavy atom. The largest absolute Gasteiger partial charge is 0.495 e. The van der Waals surface area contributed by atoms with Gasteiger partial charge in [0.15, 0.2) is 11.2 Å². The number of hydrogen-bond donors (Lipinski definition) is 3. The summed E-state index contributed by atoms with van der Waals surface area (Å²) >= 11 is 0. The number of benzene rings is 1. The monoisotopic (exact) mass is 468 g/mol. The number of fused-ring (bicyclic) bond motifs is 1. The van der Waals surface area contributed by atoms with Gasteiger partial charge in [-0.25, -0.2) is 19.6 Å². The van der Waals surface area contributed by atoms with Gasteiger partial charge in [-0.05, 0) is 12.1 Å². The minimum Gasteiger partial charge on any atom is -0.495 e. The standard InChI is InChI=1S/C20H20N8O6/c1-25-13-14(26(2)20(33)27(3)17(13)31)22-18(25)24-21-9-10-15(29)23-19(32)28(16(10)30)11-7-5-6-8-12(11)34-4/h5-9,30H,1-4H3,(H,22,24)(H,23,29,32)/b21-9+. The first-order valence-electron chi connectivity index (χ1n) is 9.80. The van der Waals surface area contributed by atoms with E-state index in [2.05, 4.69) is 20.5 Å². The molecule has 0 aliphatic heterocycles. The van der Waals surface area contributed by atoms with Gasteiger partial charge < -0.3 is 14.4 Å². The number of ether oxygens (including phenoxy) is 1. The molecule has 3 aromatic heterocycles. The van der Waals surface area contributed by atoms with Crippen molar-refractivity contribution in [1.29, 1.82) is 0 Å². The quantitative estimate of drug-likeness (QED) is 0.247. The Bertz CT molecular complexity index is 1700. The molecule has 1 aromatic carbocycles. The number of aromatic hydroxyl groups is 1. The Hall–Kier alpha value is -4.88. The van der Waals surface area contributed by atoms with Crippen LogP contribution in [0.5, 0.6) is 11.6 Å². The van der Waals surface area contributed by atoms with Crippen LogP contribution in [0.15, 0.2) is 48.5 Å². The van der Waals surface area contributed by atoms with E-state index in [4.69, 9.17) is 4.74 Å². The average molecular weight is 468 g/mol. The van der Waals surface area contributed by atoms with Crippen LogP contribution in [-0.2, 0) is 21.1 Å². The molecule has 34 heavy (non-hydrogen) atoms. The van der Waals surface area contributed by atoms with Gasteiger partial charge in [0.2, 0.25) is 11.8 Å². The smallest absolute Gasteiger partial charge is 0.335 e. The molecule has 14 heteroatoms. The van der Waals surface area contributed by atoms with Gasteiger partial charge in [0.05, 0.1) is 19.0 Å². The highest BCUT2D eigenvalue weighted by atomic mass is 16.5. The molecule has 0 bridgehead atoms. The molecule has 14 nitrogen and oxygen atoms in total. The molecule has 176 valence electrons. The van der Waals surface area contributed by atoms with Crippen molar-refractivity contribution in [2.24, 2.45) is 26.2 Å². The number of anilines is 1. The molecule has 4 aromatic rings. The molecular weight excluding hydrogens is 448 g/mol. The maximum atomic E-state index is 12.5. The van der Waals surface area contributed by atoms with E-state index in [0.29, 0.717) is 5.75 Å². The number of methoxy groups -OCH3 is 1. The van der Waals surface area contributed by atoms with E-state index in [9.17, 15) is 24.3 Å². The maximum Gasteiger partial charge on any atom is 0.335 e. The lowest BCUT2D eigenvalue weighted by molar-refractivity contribution is 0.401. The summed E-state index contributed by atoms with van der Waals surface area (Å²) in [5.74, 6) is -0.275. The Morgan fingerprint density at radius 1 is 1.09 bits per heavy atom. The summed E-state index contributed by atoms with van der Waals surface area (Å²) in [5.41, 5.74) is -0.0634. The van der Waals surface area contributed by atoms with E-state index in [1.165, 1.54) is 36.4 Å². The number of nitrogens with zero attached hydrogens (tertiary/aromatic N) is 6. The average Bonchev–Trinajstić information content (AvgIpc) is 3.14. The van der Waals surface area contributed by atoms with Crippen LogP contribution in [0.1, 0.15) is 5.56 Å². The summed E-state index contributed by atoms with van der Waals surface area (Å²) in [6, 6.07) is 6.43. The lowest BCUT2D eigenvalue weighted by Gasteiger charge is -2.12. The van der Waals surface area contributed by atoms with Crippen LogP contribution < -0.4 is 32.7 Å². The molecule has 0 unspecified atom stereocenters. The Balaban J connectivity index is 1.78. The van der Waals surface area contributed by atoms with Crippen molar-refractivity contribution in [2.75, 3.05) is 12.5 Å². The van der Waals surface area contributed by atoms with Gasteiger partial charge in [-0.15, -0.1) is 0 Å². The third kappa shape index (κ3) is 3.37. The predicted molar refractivity (Wildman–Crippen MR) is 123 cm³/mol. The summed E-state index contributed by atoms with van der Waals surface area (Å²) in [4.78, 5) is 55.7. The third-order valence-electron chi connectivity index (χ3n) is 5.28. The van der Waals surface area contributed by atoms with Gasteiger partial charge >= 0.3 is 11.4 Å². The Morgan fingerprint density at radius 2 is 1.79 bits per heavy atom. The van der Waals surface area contributed by atoms with Gasteiger partial charge in [0, 0.05) is 21.1 Å². The number of aromatic amines is 1. The molecule has 0 saturated heterocycles. The van der Waals surface area contributed by atoms with E-state index >= 15 is 0 Å². The van der Waals surface area contributed by atoms with Crippen molar-refractivity contribution >= 4 is 23.3 Å². The van der Waals surface area contributed by atoms with Crippen molar-refractivity contribution < 1.29 is 9.84 Å². The molecule has 0 atom stereocenters. The zero-order chi connectivity index (χ0) is 24.7. The highest BCUT2D eigenvalue weighted by Crippen LogP contribution is 2.24. The Labute approximate surface area is 189 Å². The first-order valence-corrected chi connectivity index (χ1v) is 9.80. The van der Waals surface area contributed by atoms with Crippen LogP contribution in [0, 0.1) is 0 Å². The molecular formula is C20H20N8O6. The number of imidazole rings is 1. The van der Waals surface area contributed by atoms with E-state index in [-0.39, 0.29) is 28.4 Å². The topological polar surface area (TPSA) is 171 Å². The first-order chi connectivity index (χ1) is 16.2. The van der Waals surface area contributed by atoms with Crippen molar-refractivity contribution in [1.82, 2.24) is 28.2 Å². The molecule has 0 radical (unpaired) electrons. The van der Waals surface area contributed by atoms with Gasteiger partial charge in [0.25, 0.3) is 11.1 Å². The molecule has 0 saturated carbocycles. The SMILES string of the molecule is COc1ccccc1-n1c(O)c(/C=N/Nc2nc3c(c(=O)n(C)c(=O)n3C)n2C)c(=O)[nH]c1=O. The van der Waals surface area contributed by atoms with Crippen molar-refractivity contribution in [2.45, 2.75) is 0 Å². The molecule has 4 rings (SSSR count). The zero-order valence-electron chi connectivity index (χ0n) is 18.6. The summed E-state index contributed by atoms with van der Waals surface area (Å²) in [6.45, 7) is 0. The fourth-order valence-corrected chi connectivity index (χ4v) is 3.47. The molecule has 3 heterocycles. The zero-order valence-corrected chi connectivity index (χ0v) is 18.6. The summed E-state index contributed by atoms with van der Waals surface area (Å²) in [6.07, 6.45) is 0.996. The fraction of sp³-hybridized carbons (Fsp3) is 0.200. The van der Waals surface area contributed by atoms with E-state index < -0.39 is 28.4 Å². The van der Waals surface area contributed by atoms with Crippen LogP contribution in [0.2, 0.25) is 0 Å². The molecule has 0 aliphatic carbocycles. The number of rotatable bonds is 5. The number of aryl methyl sites for hydroxylation is 2. The molecule has 0 spiro atoms. The van der Waals surface area contributed by atoms with Crippen molar-refractivity contribution in [3.8, 4) is 17.3 Å². The normalized spacial score (nSPS) is 11.4. The maximum absolute atomic E-state index is 12.5. The van der Waals surface area contributed by atoms with Crippen molar-refractivity contribution in [3.05, 3.63) is 71.5 Å². The minimum absolute atomic E-state index is 0.0959. The number of nitrogens with one attached hydrogen (secondary N) is 2. The van der Waals surface area contributed by atoms with Crippen molar-refractivity contribution in [3.63, 3.8) is 0 Å².